The lowest BCUT2D eigenvalue weighted by Gasteiger charge is -2.22. The van der Waals surface area contributed by atoms with Crippen LogP contribution in [0.3, 0.4) is 0 Å². The Bertz CT molecular complexity index is 2100. The lowest BCUT2D eigenvalue weighted by Crippen LogP contribution is -2.23. The highest BCUT2D eigenvalue weighted by atomic mass is 32.1. The SMILES string of the molecule is Cc1csc2cc([C@H](C3CC3)n3nc(-c4ccc(OC(C)F)c(P)c4)c4c(N)ncnc43)c(-c3cccc(F)c3)c(=O)n12. The number of hydrogen-bond donors (Lipinski definition) is 1. The number of nitrogens with two attached hydrogens (primary N) is 1. The van der Waals surface area contributed by atoms with Crippen molar-refractivity contribution in [2.24, 2.45) is 5.92 Å². The third-order valence-corrected chi connectivity index (χ3v) is 9.21. The number of nitrogens with zero attached hydrogens (tertiary/aromatic N) is 5. The number of ether oxygens (including phenoxy) is 1. The molecule has 2 aromatic carbocycles. The van der Waals surface area contributed by atoms with Gasteiger partial charge in [0.25, 0.3) is 5.56 Å². The van der Waals surface area contributed by atoms with Crippen LogP contribution in [0.2, 0.25) is 0 Å². The number of alkyl halides is 1. The van der Waals surface area contributed by atoms with Crippen LogP contribution < -0.4 is 21.3 Å². The fourth-order valence-electron chi connectivity index (χ4n) is 5.76. The van der Waals surface area contributed by atoms with E-state index in [9.17, 15) is 13.6 Å². The molecule has 0 bridgehead atoms. The molecule has 1 aliphatic rings. The Morgan fingerprint density at radius 1 is 1.14 bits per heavy atom. The van der Waals surface area contributed by atoms with Crippen molar-refractivity contribution >= 4 is 47.6 Å². The number of halogens is 2. The van der Waals surface area contributed by atoms with E-state index in [2.05, 4.69) is 19.2 Å². The van der Waals surface area contributed by atoms with E-state index < -0.39 is 12.2 Å². The van der Waals surface area contributed by atoms with Crippen LogP contribution in [0.4, 0.5) is 14.6 Å². The number of aromatic nitrogens is 5. The fraction of sp³-hybridized carbons (Fsp3) is 0.226. The van der Waals surface area contributed by atoms with Gasteiger partial charge in [-0.1, -0.05) is 12.1 Å². The number of hydrogen-bond acceptors (Lipinski definition) is 7. The molecule has 3 atom stereocenters. The molecule has 4 aromatic heterocycles. The molecule has 218 valence electrons. The molecule has 43 heavy (non-hydrogen) atoms. The maximum atomic E-state index is 14.5. The predicted molar refractivity (Wildman–Crippen MR) is 168 cm³/mol. The van der Waals surface area contributed by atoms with Crippen molar-refractivity contribution in [3.8, 4) is 28.1 Å². The van der Waals surface area contributed by atoms with Gasteiger partial charge in [-0.2, -0.15) is 5.10 Å². The lowest BCUT2D eigenvalue weighted by molar-refractivity contribution is 0.0873. The van der Waals surface area contributed by atoms with E-state index in [1.165, 1.54) is 36.7 Å². The summed E-state index contributed by atoms with van der Waals surface area (Å²) >= 11 is 1.48. The van der Waals surface area contributed by atoms with E-state index in [1.54, 1.807) is 28.7 Å². The van der Waals surface area contributed by atoms with Crippen molar-refractivity contribution in [2.75, 3.05) is 5.73 Å². The zero-order valence-electron chi connectivity index (χ0n) is 23.3. The Balaban J connectivity index is 1.49. The topological polar surface area (TPSA) is 100 Å². The van der Waals surface area contributed by atoms with Crippen LogP contribution >= 0.6 is 20.6 Å². The van der Waals surface area contributed by atoms with Gasteiger partial charge in [-0.25, -0.2) is 23.4 Å². The molecule has 0 saturated heterocycles. The van der Waals surface area contributed by atoms with Crippen molar-refractivity contribution in [3.63, 3.8) is 0 Å². The molecule has 8 nitrogen and oxygen atoms in total. The van der Waals surface area contributed by atoms with Crippen LogP contribution in [0.25, 0.3) is 38.2 Å². The molecule has 0 radical (unpaired) electrons. The average molecular weight is 617 g/mol. The van der Waals surface area contributed by atoms with Gasteiger partial charge < -0.3 is 10.5 Å². The highest BCUT2D eigenvalue weighted by Crippen LogP contribution is 2.47. The minimum atomic E-state index is -1.46. The molecule has 2 unspecified atom stereocenters. The molecular weight excluding hydrogens is 589 g/mol. The van der Waals surface area contributed by atoms with Crippen LogP contribution in [0, 0.1) is 18.7 Å². The van der Waals surface area contributed by atoms with Gasteiger partial charge in [0.2, 0.25) is 6.36 Å². The molecule has 1 saturated carbocycles. The number of benzene rings is 2. The summed E-state index contributed by atoms with van der Waals surface area (Å²) in [4.78, 5) is 23.8. The third kappa shape index (κ3) is 4.77. The number of nitrogen functional groups attached to an aromatic ring is 1. The Hall–Kier alpha value is -4.21. The van der Waals surface area contributed by atoms with E-state index >= 15 is 0 Å². The van der Waals surface area contributed by atoms with Crippen molar-refractivity contribution in [3.05, 3.63) is 87.7 Å². The van der Waals surface area contributed by atoms with E-state index in [4.69, 9.17) is 15.6 Å². The number of fused-ring (bicyclic) bond motifs is 2. The first kappa shape index (κ1) is 27.6. The average Bonchev–Trinajstić information content (AvgIpc) is 3.62. The molecule has 2 N–H and O–H groups in total. The number of pyridine rings is 1. The second kappa shape index (κ2) is 10.5. The molecule has 7 rings (SSSR count). The fourth-order valence-corrected chi connectivity index (χ4v) is 7.03. The molecule has 4 heterocycles. The summed E-state index contributed by atoms with van der Waals surface area (Å²) in [7, 11) is 2.57. The van der Waals surface area contributed by atoms with E-state index in [-0.39, 0.29) is 23.3 Å². The monoisotopic (exact) mass is 616 g/mol. The Morgan fingerprint density at radius 2 is 1.95 bits per heavy atom. The van der Waals surface area contributed by atoms with E-state index in [1.807, 2.05) is 29.1 Å². The summed E-state index contributed by atoms with van der Waals surface area (Å²) in [6.07, 6.45) is 1.79. The number of aryl methyl sites for hydroxylation is 1. The first-order valence-corrected chi connectivity index (χ1v) is 15.3. The summed E-state index contributed by atoms with van der Waals surface area (Å²) in [6, 6.07) is 13.1. The molecule has 6 aromatic rings. The summed E-state index contributed by atoms with van der Waals surface area (Å²) in [6.45, 7) is 3.21. The molecular formula is C31H27F2N6O2PS. The second-order valence-corrected chi connectivity index (χ2v) is 12.3. The zero-order chi connectivity index (χ0) is 30.0. The summed E-state index contributed by atoms with van der Waals surface area (Å²) in [5.41, 5.74) is 10.5. The van der Waals surface area contributed by atoms with Gasteiger partial charge in [-0.05, 0) is 73.2 Å². The highest BCUT2D eigenvalue weighted by Gasteiger charge is 2.39. The third-order valence-electron chi connectivity index (χ3n) is 7.76. The first-order chi connectivity index (χ1) is 20.7. The largest absolute Gasteiger partial charge is 0.460 e. The standard InChI is InChI=1S/C31H27F2N6O2PS/c1-15-13-43-24-12-21(25(31(40)38(15)24)18-4-3-5-20(33)10-18)28(17-6-7-17)39-30-26(29(34)35-14-36-30)27(37-39)19-8-9-22(23(42)11-19)41-16(2)32/h3-5,8-14,16-17,28H,6-7,42H2,1-2H3,(H2,34,35,36)/t16?,28-/m0/s1. The van der Waals surface area contributed by atoms with Gasteiger partial charge in [-0.3, -0.25) is 9.20 Å². The quantitative estimate of drug-likeness (QED) is 0.219. The van der Waals surface area contributed by atoms with Gasteiger partial charge in [0.05, 0.1) is 17.0 Å². The smallest absolute Gasteiger partial charge is 0.264 e. The van der Waals surface area contributed by atoms with Crippen molar-refractivity contribution < 1.29 is 13.5 Å². The van der Waals surface area contributed by atoms with Crippen LogP contribution in [0.5, 0.6) is 5.75 Å². The summed E-state index contributed by atoms with van der Waals surface area (Å²) in [5, 5.41) is 8.25. The Morgan fingerprint density at radius 3 is 2.67 bits per heavy atom. The maximum Gasteiger partial charge on any atom is 0.264 e. The lowest BCUT2D eigenvalue weighted by atomic mass is 9.93. The normalized spacial score (nSPS) is 14.8. The summed E-state index contributed by atoms with van der Waals surface area (Å²) < 4.78 is 36.9. The molecule has 1 fully saturated rings. The van der Waals surface area contributed by atoms with Crippen LogP contribution in [0.1, 0.15) is 37.1 Å². The molecule has 0 spiro atoms. The molecule has 12 heteroatoms. The van der Waals surface area contributed by atoms with Crippen LogP contribution in [0.15, 0.2) is 65.0 Å². The Kier molecular flexibility index (Phi) is 6.74. The van der Waals surface area contributed by atoms with E-state index in [0.29, 0.717) is 38.9 Å². The van der Waals surface area contributed by atoms with Gasteiger partial charge in [0, 0.05) is 28.9 Å². The Labute approximate surface area is 251 Å². The minimum Gasteiger partial charge on any atom is -0.460 e. The van der Waals surface area contributed by atoms with Crippen molar-refractivity contribution in [2.45, 2.75) is 39.1 Å². The predicted octanol–water partition coefficient (Wildman–Crippen LogP) is 6.06. The van der Waals surface area contributed by atoms with Crippen molar-refractivity contribution in [1.82, 2.24) is 24.1 Å². The zero-order valence-corrected chi connectivity index (χ0v) is 25.3. The number of rotatable bonds is 7. The van der Waals surface area contributed by atoms with Crippen molar-refractivity contribution in [1.29, 1.82) is 0 Å². The summed E-state index contributed by atoms with van der Waals surface area (Å²) in [5.74, 6) is 0.403. The maximum absolute atomic E-state index is 14.5. The van der Waals surface area contributed by atoms with Crippen LogP contribution in [-0.4, -0.2) is 30.5 Å². The minimum absolute atomic E-state index is 0.168. The molecule has 1 aliphatic carbocycles. The van der Waals surface area contributed by atoms with Gasteiger partial charge in [-0.15, -0.1) is 20.6 Å². The molecule has 0 amide bonds. The first-order valence-electron chi connectivity index (χ1n) is 13.8. The number of anilines is 1. The molecule has 0 aliphatic heterocycles. The van der Waals surface area contributed by atoms with Gasteiger partial charge in [0.15, 0.2) is 5.65 Å². The second-order valence-electron chi connectivity index (χ2n) is 10.8. The number of thiazole rings is 1. The van der Waals surface area contributed by atoms with Gasteiger partial charge >= 0.3 is 0 Å². The van der Waals surface area contributed by atoms with Crippen LogP contribution in [-0.2, 0) is 0 Å². The highest BCUT2D eigenvalue weighted by molar-refractivity contribution is 7.27. The van der Waals surface area contributed by atoms with Gasteiger partial charge in [0.1, 0.15) is 34.2 Å². The van der Waals surface area contributed by atoms with E-state index in [0.717, 1.165) is 34.5 Å².